The Morgan fingerprint density at radius 3 is 1.56 bits per heavy atom. The van der Waals surface area contributed by atoms with Crippen molar-refractivity contribution in [1.29, 1.82) is 0 Å². The average molecular weight is 240 g/mol. The lowest BCUT2D eigenvalue weighted by molar-refractivity contribution is -0.378. The SMILES string of the molecule is NC(=O)C(O)C(O)(C(N)=O)C(O)C(O)(O)O. The van der Waals surface area contributed by atoms with Crippen LogP contribution in [0.4, 0.5) is 0 Å². The highest BCUT2D eigenvalue weighted by Gasteiger charge is 2.58. The van der Waals surface area contributed by atoms with Crippen LogP contribution in [0.3, 0.4) is 0 Å². The number of hydrogen-bond donors (Lipinski definition) is 8. The largest absolute Gasteiger partial charge is 0.381 e. The van der Waals surface area contributed by atoms with Gasteiger partial charge in [-0.2, -0.15) is 0 Å². The number of rotatable bonds is 5. The van der Waals surface area contributed by atoms with E-state index >= 15 is 0 Å². The molecule has 0 fully saturated rings. The maximum atomic E-state index is 10.8. The van der Waals surface area contributed by atoms with Gasteiger partial charge < -0.3 is 42.1 Å². The molecule has 10 heteroatoms. The zero-order valence-corrected chi connectivity index (χ0v) is 7.81. The van der Waals surface area contributed by atoms with Gasteiger partial charge in [0.1, 0.15) is 0 Å². The maximum absolute atomic E-state index is 10.8. The van der Waals surface area contributed by atoms with Gasteiger partial charge in [0.2, 0.25) is 11.5 Å². The van der Waals surface area contributed by atoms with E-state index < -0.39 is 35.6 Å². The molecule has 0 radical (unpaired) electrons. The first-order chi connectivity index (χ1) is 6.95. The van der Waals surface area contributed by atoms with Gasteiger partial charge in [0.05, 0.1) is 0 Å². The van der Waals surface area contributed by atoms with Crippen LogP contribution >= 0.6 is 0 Å². The van der Waals surface area contributed by atoms with Crippen LogP contribution in [0.5, 0.6) is 0 Å². The first-order valence-electron chi connectivity index (χ1n) is 3.80. The predicted molar refractivity (Wildman–Crippen MR) is 44.7 cm³/mol. The van der Waals surface area contributed by atoms with E-state index in [-0.39, 0.29) is 0 Å². The fourth-order valence-electron chi connectivity index (χ4n) is 0.931. The lowest BCUT2D eigenvalue weighted by Crippen LogP contribution is -2.70. The molecule has 0 aliphatic heterocycles. The van der Waals surface area contributed by atoms with E-state index in [0.717, 1.165) is 0 Å². The standard InChI is InChI=1S/C6H12N2O8/c7-2(10)1(9)5(13,4(8)12)3(11)6(14,15)16/h1,3,9,11,13-16H,(H2,7,10)(H2,8,12). The van der Waals surface area contributed by atoms with Crippen LogP contribution < -0.4 is 11.5 Å². The molecule has 94 valence electrons. The summed E-state index contributed by atoms with van der Waals surface area (Å²) >= 11 is 0. The first-order valence-corrected chi connectivity index (χ1v) is 3.80. The Balaban J connectivity index is 5.45. The third-order valence-electron chi connectivity index (χ3n) is 1.86. The van der Waals surface area contributed by atoms with Crippen LogP contribution in [-0.2, 0) is 9.59 Å². The molecule has 0 heterocycles. The van der Waals surface area contributed by atoms with E-state index in [4.69, 9.17) is 25.5 Å². The molecule has 0 saturated heterocycles. The summed E-state index contributed by atoms with van der Waals surface area (Å²) in [6.07, 6.45) is -5.81. The van der Waals surface area contributed by atoms with Gasteiger partial charge in [-0.05, 0) is 0 Å². The van der Waals surface area contributed by atoms with Crippen molar-refractivity contribution in [3.8, 4) is 0 Å². The van der Waals surface area contributed by atoms with Crippen molar-refractivity contribution >= 4 is 11.8 Å². The Hall–Kier alpha value is -1.30. The van der Waals surface area contributed by atoms with E-state index in [9.17, 15) is 14.7 Å². The quantitative estimate of drug-likeness (QED) is 0.216. The Morgan fingerprint density at radius 2 is 1.38 bits per heavy atom. The molecule has 0 bridgehead atoms. The first kappa shape index (κ1) is 14.7. The molecular weight excluding hydrogens is 228 g/mol. The van der Waals surface area contributed by atoms with Gasteiger partial charge in [0, 0.05) is 0 Å². The summed E-state index contributed by atoms with van der Waals surface area (Å²) in [5, 5.41) is 53.0. The van der Waals surface area contributed by atoms with Crippen molar-refractivity contribution in [2.24, 2.45) is 11.5 Å². The summed E-state index contributed by atoms with van der Waals surface area (Å²) in [4.78, 5) is 21.3. The summed E-state index contributed by atoms with van der Waals surface area (Å²) < 4.78 is 0. The minimum absolute atomic E-state index is 1.68. The van der Waals surface area contributed by atoms with Crippen LogP contribution in [0.2, 0.25) is 0 Å². The van der Waals surface area contributed by atoms with Gasteiger partial charge >= 0.3 is 5.97 Å². The van der Waals surface area contributed by atoms with Gasteiger partial charge in [0.25, 0.3) is 5.91 Å². The van der Waals surface area contributed by atoms with E-state index in [1.165, 1.54) is 0 Å². The Kier molecular flexibility index (Phi) is 3.94. The highest BCUT2D eigenvalue weighted by Crippen LogP contribution is 2.22. The van der Waals surface area contributed by atoms with Crippen LogP contribution in [0, 0.1) is 0 Å². The minimum Gasteiger partial charge on any atom is -0.381 e. The second-order valence-corrected chi connectivity index (χ2v) is 3.08. The zero-order valence-electron chi connectivity index (χ0n) is 7.81. The monoisotopic (exact) mass is 240 g/mol. The van der Waals surface area contributed by atoms with Gasteiger partial charge in [-0.25, -0.2) is 0 Å². The number of aliphatic hydroxyl groups excluding tert-OH is 2. The van der Waals surface area contributed by atoms with E-state index in [1.54, 1.807) is 0 Å². The van der Waals surface area contributed by atoms with Crippen molar-refractivity contribution in [2.75, 3.05) is 0 Å². The van der Waals surface area contributed by atoms with Gasteiger partial charge in [0.15, 0.2) is 12.2 Å². The molecular formula is C6H12N2O8. The van der Waals surface area contributed by atoms with Crippen LogP contribution in [0.1, 0.15) is 0 Å². The lowest BCUT2D eigenvalue weighted by Gasteiger charge is -2.35. The van der Waals surface area contributed by atoms with E-state index in [2.05, 4.69) is 11.5 Å². The Bertz CT molecular complexity index is 299. The summed E-state index contributed by atoms with van der Waals surface area (Å²) in [6.45, 7) is 0. The van der Waals surface area contributed by atoms with Crippen molar-refractivity contribution in [2.45, 2.75) is 23.8 Å². The van der Waals surface area contributed by atoms with Gasteiger partial charge in [-0.3, -0.25) is 9.59 Å². The third-order valence-corrected chi connectivity index (χ3v) is 1.86. The van der Waals surface area contributed by atoms with Crippen LogP contribution in [0.15, 0.2) is 0 Å². The van der Waals surface area contributed by atoms with Gasteiger partial charge in [-0.1, -0.05) is 0 Å². The minimum atomic E-state index is -3.97. The number of carbonyl (C=O) groups excluding carboxylic acids is 2. The molecule has 10 N–H and O–H groups in total. The van der Waals surface area contributed by atoms with E-state index in [0.29, 0.717) is 0 Å². The number of primary amides is 2. The topological polar surface area (TPSA) is 208 Å². The van der Waals surface area contributed by atoms with Crippen molar-refractivity contribution in [1.82, 2.24) is 0 Å². The number of nitrogens with two attached hydrogens (primary N) is 2. The van der Waals surface area contributed by atoms with E-state index in [1.807, 2.05) is 0 Å². The highest BCUT2D eigenvalue weighted by atomic mass is 16.7. The summed E-state index contributed by atoms with van der Waals surface area (Å²) in [6, 6.07) is 0. The Labute approximate surface area is 88.3 Å². The predicted octanol–water partition coefficient (Wildman–Crippen LogP) is -5.96. The van der Waals surface area contributed by atoms with Crippen LogP contribution in [-0.4, -0.2) is 66.2 Å². The smallest absolute Gasteiger partial charge is 0.306 e. The fourth-order valence-corrected chi connectivity index (χ4v) is 0.931. The number of carbonyl (C=O) groups is 2. The van der Waals surface area contributed by atoms with Gasteiger partial charge in [-0.15, -0.1) is 0 Å². The number of aliphatic hydroxyl groups is 6. The molecule has 0 aromatic rings. The second kappa shape index (κ2) is 4.29. The summed E-state index contributed by atoms with van der Waals surface area (Å²) in [7, 11) is 0. The van der Waals surface area contributed by atoms with Crippen molar-refractivity contribution in [3.63, 3.8) is 0 Å². The van der Waals surface area contributed by atoms with Crippen LogP contribution in [0.25, 0.3) is 0 Å². The normalized spacial score (nSPS) is 19.6. The molecule has 0 aliphatic rings. The number of hydrogen-bond acceptors (Lipinski definition) is 8. The lowest BCUT2D eigenvalue weighted by atomic mass is 9.87. The molecule has 3 unspecified atom stereocenters. The number of amides is 2. The molecule has 0 spiro atoms. The summed E-state index contributed by atoms with van der Waals surface area (Å²) in [5.74, 6) is -7.54. The molecule has 0 aromatic heterocycles. The molecule has 16 heavy (non-hydrogen) atoms. The molecule has 10 nitrogen and oxygen atoms in total. The second-order valence-electron chi connectivity index (χ2n) is 3.08. The highest BCUT2D eigenvalue weighted by molar-refractivity contribution is 5.93. The van der Waals surface area contributed by atoms with Crippen molar-refractivity contribution < 1.29 is 40.2 Å². The fraction of sp³-hybridized carbons (Fsp3) is 0.667. The molecule has 3 atom stereocenters. The molecule has 0 aliphatic carbocycles. The summed E-state index contributed by atoms with van der Waals surface area (Å²) in [5.41, 5.74) is 5.53. The average Bonchev–Trinajstić information content (AvgIpc) is 2.12. The van der Waals surface area contributed by atoms with Crippen molar-refractivity contribution in [3.05, 3.63) is 0 Å². The molecule has 0 rings (SSSR count). The Morgan fingerprint density at radius 1 is 1.00 bits per heavy atom. The maximum Gasteiger partial charge on any atom is 0.306 e. The molecule has 2 amide bonds. The molecule has 0 saturated carbocycles. The zero-order chi connectivity index (χ0) is 13.3. The molecule has 0 aromatic carbocycles. The third kappa shape index (κ3) is 2.44.